The summed E-state index contributed by atoms with van der Waals surface area (Å²) >= 11 is 0. The molecule has 1 aliphatic rings. The van der Waals surface area contributed by atoms with Gasteiger partial charge in [0.15, 0.2) is 5.82 Å². The van der Waals surface area contributed by atoms with Crippen LogP contribution in [0.3, 0.4) is 0 Å². The molecule has 0 unspecified atom stereocenters. The number of rotatable bonds is 4. The number of anilines is 1. The average Bonchev–Trinajstić information content (AvgIpc) is 3.49. The summed E-state index contributed by atoms with van der Waals surface area (Å²) in [5, 5.41) is 8.53. The van der Waals surface area contributed by atoms with Gasteiger partial charge >= 0.3 is 0 Å². The Morgan fingerprint density at radius 1 is 0.973 bits per heavy atom. The molecule has 0 aliphatic carbocycles. The minimum atomic E-state index is -0.306. The Morgan fingerprint density at radius 2 is 1.86 bits per heavy atom. The minimum Gasteiger partial charge on any atom is -0.352 e. The largest absolute Gasteiger partial charge is 0.352 e. The van der Waals surface area contributed by atoms with E-state index in [1.807, 2.05) is 37.3 Å². The second-order valence-electron chi connectivity index (χ2n) is 9.42. The summed E-state index contributed by atoms with van der Waals surface area (Å²) in [7, 11) is 0. The Bertz CT molecular complexity index is 1780. The minimum absolute atomic E-state index is 0.180. The van der Waals surface area contributed by atoms with Gasteiger partial charge in [-0.1, -0.05) is 6.07 Å². The second-order valence-corrected chi connectivity index (χ2v) is 9.42. The summed E-state index contributed by atoms with van der Waals surface area (Å²) in [4.78, 5) is 24.0. The molecule has 0 amide bonds. The monoisotopic (exact) mass is 491 g/mol. The lowest BCUT2D eigenvalue weighted by Crippen LogP contribution is -2.56. The van der Waals surface area contributed by atoms with Crippen molar-refractivity contribution in [3.05, 3.63) is 72.4 Å². The zero-order chi connectivity index (χ0) is 25.1. The van der Waals surface area contributed by atoms with Gasteiger partial charge < -0.3 is 15.6 Å². The Kier molecular flexibility index (Phi) is 4.76. The number of H-pyrrole nitrogens is 2. The first kappa shape index (κ1) is 21.6. The molecule has 1 saturated heterocycles. The van der Waals surface area contributed by atoms with Crippen molar-refractivity contribution in [2.45, 2.75) is 13.0 Å². The molecule has 0 spiro atoms. The van der Waals surface area contributed by atoms with Crippen LogP contribution in [-0.2, 0) is 0 Å². The van der Waals surface area contributed by atoms with Gasteiger partial charge in [0.1, 0.15) is 22.8 Å². The number of benzene rings is 2. The fourth-order valence-corrected chi connectivity index (χ4v) is 4.83. The van der Waals surface area contributed by atoms with Crippen LogP contribution in [0.4, 0.5) is 10.2 Å². The number of nitrogens with zero attached hydrogens (tertiary/aromatic N) is 6. The van der Waals surface area contributed by atoms with Gasteiger partial charge in [-0.05, 0) is 48.9 Å². The molecule has 37 heavy (non-hydrogen) atoms. The van der Waals surface area contributed by atoms with E-state index in [9.17, 15) is 4.39 Å². The molecule has 0 atom stereocenters. The van der Waals surface area contributed by atoms with E-state index >= 15 is 0 Å². The zero-order valence-electron chi connectivity index (χ0n) is 19.9. The maximum Gasteiger partial charge on any atom is 0.159 e. The summed E-state index contributed by atoms with van der Waals surface area (Å²) < 4.78 is 14.1. The van der Waals surface area contributed by atoms with Gasteiger partial charge in [-0.15, -0.1) is 0 Å². The molecule has 9 nitrogen and oxygen atoms in total. The van der Waals surface area contributed by atoms with E-state index in [1.165, 1.54) is 12.1 Å². The van der Waals surface area contributed by atoms with Gasteiger partial charge in [-0.2, -0.15) is 5.10 Å². The van der Waals surface area contributed by atoms with Crippen molar-refractivity contribution in [1.82, 2.24) is 35.1 Å². The van der Waals surface area contributed by atoms with Crippen LogP contribution in [-0.4, -0.2) is 54.2 Å². The third kappa shape index (κ3) is 3.69. The smallest absolute Gasteiger partial charge is 0.159 e. The lowest BCUT2D eigenvalue weighted by atomic mass is 10.1. The molecule has 7 rings (SSSR count). The molecule has 182 valence electrons. The maximum absolute atomic E-state index is 14.1. The van der Waals surface area contributed by atoms with Crippen LogP contribution >= 0.6 is 0 Å². The highest BCUT2D eigenvalue weighted by Crippen LogP contribution is 2.33. The first-order valence-electron chi connectivity index (χ1n) is 12.0. The number of imidazole rings is 1. The third-order valence-corrected chi connectivity index (χ3v) is 6.66. The molecule has 1 fully saturated rings. The van der Waals surface area contributed by atoms with E-state index in [4.69, 9.17) is 15.7 Å². The van der Waals surface area contributed by atoms with Crippen LogP contribution in [0.15, 0.2) is 61.1 Å². The molecular formula is C27H22FN9. The molecule has 0 bridgehead atoms. The van der Waals surface area contributed by atoms with E-state index < -0.39 is 0 Å². The number of aromatic amines is 2. The topological polar surface area (TPSA) is 125 Å². The Hall–Kier alpha value is -4.70. The van der Waals surface area contributed by atoms with Gasteiger partial charge in [0.25, 0.3) is 0 Å². The Morgan fingerprint density at radius 3 is 2.70 bits per heavy atom. The molecule has 1 aliphatic heterocycles. The van der Waals surface area contributed by atoms with Crippen molar-refractivity contribution in [2.24, 2.45) is 5.73 Å². The number of pyridine rings is 1. The van der Waals surface area contributed by atoms with Crippen molar-refractivity contribution in [2.75, 3.05) is 18.0 Å². The Balaban J connectivity index is 1.31. The zero-order valence-corrected chi connectivity index (χ0v) is 19.9. The van der Waals surface area contributed by atoms with Crippen LogP contribution in [0, 0.1) is 12.7 Å². The van der Waals surface area contributed by atoms with E-state index in [-0.39, 0.29) is 11.9 Å². The lowest BCUT2D eigenvalue weighted by molar-refractivity contribution is 0.514. The second kappa shape index (κ2) is 8.17. The first-order valence-corrected chi connectivity index (χ1v) is 12.0. The molecule has 10 heteroatoms. The quantitative estimate of drug-likeness (QED) is 0.337. The average molecular weight is 492 g/mol. The standard InChI is InChI=1S/C27H22FN9/c1-14-6-16(8-17(28)7-14)24-26-21(4-5-31-24)33-27(34-26)25-19-9-15(2-3-20(19)35-36-25)22-10-30-11-23(32-22)37-12-18(29)13-37/h2-11,18H,12-13,29H2,1H3,(H,33,34)(H,35,36). The fourth-order valence-electron chi connectivity index (χ4n) is 4.83. The van der Waals surface area contributed by atoms with Crippen LogP contribution in [0.2, 0.25) is 0 Å². The predicted molar refractivity (Wildman–Crippen MR) is 140 cm³/mol. The molecule has 6 aromatic rings. The number of aryl methyl sites for hydroxylation is 1. The van der Waals surface area contributed by atoms with E-state index in [0.29, 0.717) is 28.3 Å². The predicted octanol–water partition coefficient (Wildman–Crippen LogP) is 4.22. The first-order chi connectivity index (χ1) is 18.0. The van der Waals surface area contributed by atoms with Crippen LogP contribution in [0.25, 0.3) is 56.0 Å². The normalized spacial score (nSPS) is 14.0. The third-order valence-electron chi connectivity index (χ3n) is 6.66. The van der Waals surface area contributed by atoms with E-state index in [2.05, 4.69) is 30.0 Å². The molecule has 2 aromatic carbocycles. The van der Waals surface area contributed by atoms with Crippen molar-refractivity contribution in [3.8, 4) is 34.0 Å². The maximum atomic E-state index is 14.1. The van der Waals surface area contributed by atoms with Crippen LogP contribution in [0.5, 0.6) is 0 Å². The molecule has 4 aromatic heterocycles. The van der Waals surface area contributed by atoms with E-state index in [1.54, 1.807) is 18.6 Å². The highest BCUT2D eigenvalue weighted by Gasteiger charge is 2.25. The highest BCUT2D eigenvalue weighted by molar-refractivity contribution is 5.97. The number of nitrogens with one attached hydrogen (secondary N) is 2. The summed E-state index contributed by atoms with van der Waals surface area (Å²) in [5.41, 5.74) is 12.7. The summed E-state index contributed by atoms with van der Waals surface area (Å²) in [6, 6.07) is 12.9. The van der Waals surface area contributed by atoms with Crippen molar-refractivity contribution >= 4 is 27.8 Å². The van der Waals surface area contributed by atoms with Crippen LogP contribution < -0.4 is 10.6 Å². The summed E-state index contributed by atoms with van der Waals surface area (Å²) in [5.74, 6) is 1.10. The fraction of sp³-hybridized carbons (Fsp3) is 0.148. The van der Waals surface area contributed by atoms with Crippen molar-refractivity contribution < 1.29 is 4.39 Å². The summed E-state index contributed by atoms with van der Waals surface area (Å²) in [6.45, 7) is 3.41. The lowest BCUT2D eigenvalue weighted by Gasteiger charge is -2.37. The van der Waals surface area contributed by atoms with Gasteiger partial charge in [-0.25, -0.2) is 14.4 Å². The number of fused-ring (bicyclic) bond motifs is 2. The molecule has 0 saturated carbocycles. The highest BCUT2D eigenvalue weighted by atomic mass is 19.1. The van der Waals surface area contributed by atoms with Crippen LogP contribution in [0.1, 0.15) is 5.56 Å². The number of halogens is 1. The number of nitrogens with two attached hydrogens (primary N) is 1. The van der Waals surface area contributed by atoms with Crippen molar-refractivity contribution in [3.63, 3.8) is 0 Å². The van der Waals surface area contributed by atoms with Crippen molar-refractivity contribution in [1.29, 1.82) is 0 Å². The molecular weight excluding hydrogens is 469 g/mol. The SMILES string of the molecule is Cc1cc(F)cc(-c2nccc3[nH]c(-c4n[nH]c5ccc(-c6cncc(N7CC(N)C7)n6)cc45)nc23)c1. The molecule has 4 N–H and O–H groups in total. The number of hydrogen-bond acceptors (Lipinski definition) is 7. The van der Waals surface area contributed by atoms with E-state index in [0.717, 1.165) is 52.1 Å². The Labute approximate surface area is 210 Å². The molecule has 0 radical (unpaired) electrons. The van der Waals surface area contributed by atoms with Gasteiger partial charge in [-0.3, -0.25) is 15.1 Å². The number of hydrogen-bond donors (Lipinski definition) is 3. The number of aromatic nitrogens is 7. The van der Waals surface area contributed by atoms with Gasteiger partial charge in [0.05, 0.1) is 34.8 Å². The summed E-state index contributed by atoms with van der Waals surface area (Å²) in [6.07, 6.45) is 5.21. The molecule has 5 heterocycles. The van der Waals surface area contributed by atoms with Gasteiger partial charge in [0.2, 0.25) is 0 Å². The van der Waals surface area contributed by atoms with Gasteiger partial charge in [0, 0.05) is 41.8 Å².